The van der Waals surface area contributed by atoms with Gasteiger partial charge in [0.15, 0.2) is 0 Å². The minimum absolute atomic E-state index is 0.455. The molecule has 102 valence electrons. The predicted octanol–water partition coefficient (Wildman–Crippen LogP) is 1.90. The molecule has 3 N–H and O–H groups in total. The number of aromatic nitrogens is 2. The molecule has 0 saturated heterocycles. The number of halogens is 1. The molecule has 1 rings (SSSR count). The summed E-state index contributed by atoms with van der Waals surface area (Å²) in [7, 11) is 0. The van der Waals surface area contributed by atoms with Crippen molar-refractivity contribution < 1.29 is 9.90 Å². The van der Waals surface area contributed by atoms with Crippen LogP contribution in [0.25, 0.3) is 0 Å². The molecular weight excluding hydrogens is 274 g/mol. The van der Waals surface area contributed by atoms with E-state index in [9.17, 15) is 4.79 Å². The summed E-state index contributed by atoms with van der Waals surface area (Å²) in [6, 6.07) is -0.786. The molecule has 1 aromatic rings. The Morgan fingerprint density at radius 1 is 1.67 bits per heavy atom. The number of nitrogens with zero attached hydrogens (tertiary/aromatic N) is 2. The summed E-state index contributed by atoms with van der Waals surface area (Å²) in [5.41, 5.74) is 7.25. The molecule has 1 heterocycles. The third kappa shape index (κ3) is 3.90. The molecule has 0 aliphatic rings. The lowest BCUT2D eigenvalue weighted by Crippen LogP contribution is -2.30. The standard InChI is InChI=1S/C11H18ClN3O2S/c1-3-15-9(10(12)7(2)14-15)6-18-5-4-8(13)11(16)17/h8H,3-6,13H2,1-2H3,(H,16,17). The fourth-order valence-electron chi connectivity index (χ4n) is 1.51. The molecule has 1 unspecified atom stereocenters. The fourth-order valence-corrected chi connectivity index (χ4v) is 2.84. The SMILES string of the molecule is CCn1nc(C)c(Cl)c1CSCCC(N)C(=O)O. The monoisotopic (exact) mass is 291 g/mol. The molecular formula is C11H18ClN3O2S. The second kappa shape index (κ2) is 7.01. The number of carboxylic acids is 1. The summed E-state index contributed by atoms with van der Waals surface area (Å²) in [6.07, 6.45) is 0.455. The molecule has 1 aromatic heterocycles. The van der Waals surface area contributed by atoms with Crippen molar-refractivity contribution in [3.8, 4) is 0 Å². The van der Waals surface area contributed by atoms with Gasteiger partial charge in [-0.15, -0.1) is 0 Å². The highest BCUT2D eigenvalue weighted by Gasteiger charge is 2.14. The van der Waals surface area contributed by atoms with Crippen LogP contribution < -0.4 is 5.73 Å². The molecule has 0 aliphatic heterocycles. The van der Waals surface area contributed by atoms with E-state index in [2.05, 4.69) is 5.10 Å². The van der Waals surface area contributed by atoms with Gasteiger partial charge in [-0.05, 0) is 26.0 Å². The van der Waals surface area contributed by atoms with Gasteiger partial charge < -0.3 is 10.8 Å². The van der Waals surface area contributed by atoms with Crippen molar-refractivity contribution in [1.82, 2.24) is 9.78 Å². The van der Waals surface area contributed by atoms with E-state index in [1.807, 2.05) is 18.5 Å². The number of aliphatic carboxylic acids is 1. The summed E-state index contributed by atoms with van der Waals surface area (Å²) < 4.78 is 1.88. The lowest BCUT2D eigenvalue weighted by Gasteiger charge is -2.07. The van der Waals surface area contributed by atoms with E-state index in [0.717, 1.165) is 23.7 Å². The van der Waals surface area contributed by atoms with Crippen LogP contribution in [0.2, 0.25) is 5.02 Å². The van der Waals surface area contributed by atoms with Gasteiger partial charge in [-0.25, -0.2) is 0 Å². The first kappa shape index (κ1) is 15.3. The number of carbonyl (C=O) groups is 1. The molecule has 0 spiro atoms. The van der Waals surface area contributed by atoms with Crippen LogP contribution in [-0.2, 0) is 17.1 Å². The highest BCUT2D eigenvalue weighted by Crippen LogP contribution is 2.24. The first-order valence-corrected chi connectivity index (χ1v) is 7.28. The van der Waals surface area contributed by atoms with E-state index in [1.54, 1.807) is 11.8 Å². The van der Waals surface area contributed by atoms with Crippen LogP contribution in [0.1, 0.15) is 24.7 Å². The van der Waals surface area contributed by atoms with E-state index < -0.39 is 12.0 Å². The molecule has 0 bridgehead atoms. The third-order valence-electron chi connectivity index (χ3n) is 2.58. The second-order valence-corrected chi connectivity index (χ2v) is 5.43. The third-order valence-corrected chi connectivity index (χ3v) is 4.08. The molecule has 7 heteroatoms. The summed E-state index contributed by atoms with van der Waals surface area (Å²) in [5.74, 6) is 0.459. The average Bonchev–Trinajstić information content (AvgIpc) is 2.61. The normalized spacial score (nSPS) is 12.7. The van der Waals surface area contributed by atoms with Gasteiger partial charge in [-0.3, -0.25) is 9.48 Å². The van der Waals surface area contributed by atoms with Crippen molar-refractivity contribution in [2.24, 2.45) is 5.73 Å². The second-order valence-electron chi connectivity index (χ2n) is 3.95. The number of carboxylic acid groups (broad SMARTS) is 1. The van der Waals surface area contributed by atoms with Gasteiger partial charge in [0.2, 0.25) is 0 Å². The van der Waals surface area contributed by atoms with Gasteiger partial charge in [0, 0.05) is 12.3 Å². The molecule has 0 aliphatic carbocycles. The summed E-state index contributed by atoms with van der Waals surface area (Å²) in [4.78, 5) is 10.6. The van der Waals surface area contributed by atoms with E-state index in [-0.39, 0.29) is 0 Å². The Balaban J connectivity index is 2.46. The smallest absolute Gasteiger partial charge is 0.320 e. The van der Waals surface area contributed by atoms with Crippen molar-refractivity contribution in [3.05, 3.63) is 16.4 Å². The fraction of sp³-hybridized carbons (Fsp3) is 0.636. The Kier molecular flexibility index (Phi) is 5.98. The number of rotatable bonds is 7. The number of thioether (sulfide) groups is 1. The Hall–Kier alpha value is -0.720. The zero-order valence-electron chi connectivity index (χ0n) is 10.5. The van der Waals surface area contributed by atoms with Crippen LogP contribution in [0.3, 0.4) is 0 Å². The van der Waals surface area contributed by atoms with Crippen molar-refractivity contribution >= 4 is 29.3 Å². The molecule has 0 fully saturated rings. The van der Waals surface area contributed by atoms with Crippen molar-refractivity contribution in [2.75, 3.05) is 5.75 Å². The highest BCUT2D eigenvalue weighted by molar-refractivity contribution is 7.98. The van der Waals surface area contributed by atoms with Gasteiger partial charge in [0.25, 0.3) is 0 Å². The van der Waals surface area contributed by atoms with Crippen LogP contribution in [0, 0.1) is 6.92 Å². The van der Waals surface area contributed by atoms with Crippen molar-refractivity contribution in [2.45, 2.75) is 38.6 Å². The zero-order chi connectivity index (χ0) is 13.7. The quantitative estimate of drug-likeness (QED) is 0.750. The first-order chi connectivity index (χ1) is 8.47. The molecule has 18 heavy (non-hydrogen) atoms. The van der Waals surface area contributed by atoms with E-state index in [1.165, 1.54) is 0 Å². The maximum absolute atomic E-state index is 10.6. The highest BCUT2D eigenvalue weighted by atomic mass is 35.5. The Labute approximate surface area is 116 Å². The van der Waals surface area contributed by atoms with Crippen molar-refractivity contribution in [3.63, 3.8) is 0 Å². The Morgan fingerprint density at radius 2 is 2.33 bits per heavy atom. The van der Waals surface area contributed by atoms with Crippen LogP contribution in [0.5, 0.6) is 0 Å². The maximum Gasteiger partial charge on any atom is 0.320 e. The van der Waals surface area contributed by atoms with Crippen molar-refractivity contribution in [1.29, 1.82) is 0 Å². The van der Waals surface area contributed by atoms with Gasteiger partial charge in [-0.2, -0.15) is 16.9 Å². The Bertz CT molecular complexity index is 423. The largest absolute Gasteiger partial charge is 0.480 e. The van der Waals surface area contributed by atoms with E-state index in [4.69, 9.17) is 22.4 Å². The van der Waals surface area contributed by atoms with Gasteiger partial charge in [0.1, 0.15) is 6.04 Å². The Morgan fingerprint density at radius 3 is 2.89 bits per heavy atom. The summed E-state index contributed by atoms with van der Waals surface area (Å²) in [6.45, 7) is 4.67. The average molecular weight is 292 g/mol. The first-order valence-electron chi connectivity index (χ1n) is 5.75. The van der Waals surface area contributed by atoms with Gasteiger partial charge >= 0.3 is 5.97 Å². The zero-order valence-corrected chi connectivity index (χ0v) is 12.1. The van der Waals surface area contributed by atoms with Crippen LogP contribution in [-0.4, -0.2) is 32.7 Å². The number of hydrogen-bond acceptors (Lipinski definition) is 4. The lowest BCUT2D eigenvalue weighted by atomic mass is 10.2. The van der Waals surface area contributed by atoms with Gasteiger partial charge in [-0.1, -0.05) is 11.6 Å². The van der Waals surface area contributed by atoms with Gasteiger partial charge in [0.05, 0.1) is 16.4 Å². The maximum atomic E-state index is 10.6. The molecule has 5 nitrogen and oxygen atoms in total. The number of aryl methyl sites for hydroxylation is 2. The van der Waals surface area contributed by atoms with Crippen LogP contribution in [0.15, 0.2) is 0 Å². The lowest BCUT2D eigenvalue weighted by molar-refractivity contribution is -0.138. The molecule has 0 aromatic carbocycles. The van der Waals surface area contributed by atoms with Crippen LogP contribution >= 0.6 is 23.4 Å². The minimum atomic E-state index is -0.955. The summed E-state index contributed by atoms with van der Waals surface area (Å²) >= 11 is 7.79. The summed E-state index contributed by atoms with van der Waals surface area (Å²) in [5, 5.41) is 13.7. The predicted molar refractivity (Wildman–Crippen MR) is 74.0 cm³/mol. The molecule has 0 saturated carbocycles. The molecule has 0 amide bonds. The van der Waals surface area contributed by atoms with E-state index in [0.29, 0.717) is 17.2 Å². The minimum Gasteiger partial charge on any atom is -0.480 e. The van der Waals surface area contributed by atoms with Crippen LogP contribution in [0.4, 0.5) is 0 Å². The molecule has 0 radical (unpaired) electrons. The van der Waals surface area contributed by atoms with E-state index >= 15 is 0 Å². The number of nitrogens with two attached hydrogens (primary N) is 1. The topological polar surface area (TPSA) is 81.1 Å². The molecule has 1 atom stereocenters. The number of hydrogen-bond donors (Lipinski definition) is 2.